The third-order valence-corrected chi connectivity index (χ3v) is 4.51. The summed E-state index contributed by atoms with van der Waals surface area (Å²) in [6.45, 7) is 10.00. The standard InChI is InChI=1S/C20H27NO/c1-15(12-21-13-16(2)22-17(3)14-21)11-19-9-6-8-18-7-4-5-10-20(18)19/h4-10,15-17H,11-14H2,1-3H3/t15?,16-,17+. The normalized spacial score (nSPS) is 24.5. The summed E-state index contributed by atoms with van der Waals surface area (Å²) in [5, 5.41) is 2.75. The molecule has 3 atom stereocenters. The minimum Gasteiger partial charge on any atom is -0.373 e. The zero-order valence-corrected chi connectivity index (χ0v) is 14.0. The second-order valence-corrected chi connectivity index (χ2v) is 6.92. The lowest BCUT2D eigenvalue weighted by Gasteiger charge is -2.36. The van der Waals surface area contributed by atoms with Crippen LogP contribution in [0.1, 0.15) is 26.3 Å². The van der Waals surface area contributed by atoms with Crippen molar-refractivity contribution in [3.63, 3.8) is 0 Å². The average molecular weight is 297 g/mol. The number of ether oxygens (including phenoxy) is 1. The lowest BCUT2D eigenvalue weighted by Crippen LogP contribution is -2.47. The van der Waals surface area contributed by atoms with E-state index in [4.69, 9.17) is 4.74 Å². The number of fused-ring (bicyclic) bond motifs is 1. The van der Waals surface area contributed by atoms with Crippen molar-refractivity contribution in [2.75, 3.05) is 19.6 Å². The van der Waals surface area contributed by atoms with E-state index in [-0.39, 0.29) is 0 Å². The van der Waals surface area contributed by atoms with Crippen molar-refractivity contribution in [2.45, 2.75) is 39.4 Å². The molecular weight excluding hydrogens is 270 g/mol. The van der Waals surface area contributed by atoms with Crippen LogP contribution in [-0.4, -0.2) is 36.7 Å². The summed E-state index contributed by atoms with van der Waals surface area (Å²) in [6, 6.07) is 15.4. The third kappa shape index (κ3) is 3.68. The molecule has 0 saturated carbocycles. The number of nitrogens with zero attached hydrogens (tertiary/aromatic N) is 1. The fourth-order valence-electron chi connectivity index (χ4n) is 3.78. The van der Waals surface area contributed by atoms with Crippen LogP contribution in [0, 0.1) is 5.92 Å². The van der Waals surface area contributed by atoms with Gasteiger partial charge in [0.15, 0.2) is 0 Å². The van der Waals surface area contributed by atoms with Gasteiger partial charge in [-0.2, -0.15) is 0 Å². The van der Waals surface area contributed by atoms with E-state index in [2.05, 4.69) is 68.1 Å². The van der Waals surface area contributed by atoms with Gasteiger partial charge in [0.1, 0.15) is 0 Å². The quantitative estimate of drug-likeness (QED) is 0.841. The molecule has 118 valence electrons. The molecule has 2 heteroatoms. The van der Waals surface area contributed by atoms with Crippen LogP contribution in [0.5, 0.6) is 0 Å². The highest BCUT2D eigenvalue weighted by Crippen LogP contribution is 2.22. The van der Waals surface area contributed by atoms with E-state index >= 15 is 0 Å². The van der Waals surface area contributed by atoms with Crippen LogP contribution in [-0.2, 0) is 11.2 Å². The smallest absolute Gasteiger partial charge is 0.0678 e. The highest BCUT2D eigenvalue weighted by molar-refractivity contribution is 5.85. The molecule has 0 amide bonds. The Hall–Kier alpha value is -1.38. The SMILES string of the molecule is CC(Cc1cccc2ccccc12)CN1C[C@@H](C)O[C@@H](C)C1. The Kier molecular flexibility index (Phi) is 4.80. The first kappa shape index (κ1) is 15.5. The van der Waals surface area contributed by atoms with Crippen LogP contribution in [0.3, 0.4) is 0 Å². The Labute approximate surface area is 134 Å². The molecule has 22 heavy (non-hydrogen) atoms. The van der Waals surface area contributed by atoms with Crippen molar-refractivity contribution >= 4 is 10.8 Å². The van der Waals surface area contributed by atoms with Gasteiger partial charge in [0.05, 0.1) is 12.2 Å². The molecule has 0 aromatic heterocycles. The second-order valence-electron chi connectivity index (χ2n) is 6.92. The van der Waals surface area contributed by atoms with Crippen LogP contribution in [0.2, 0.25) is 0 Å². The molecule has 0 spiro atoms. The molecule has 2 aromatic rings. The predicted octanol–water partition coefficient (Wildman–Crippen LogP) is 4.13. The predicted molar refractivity (Wildman–Crippen MR) is 93.3 cm³/mol. The molecule has 3 rings (SSSR count). The first-order valence-electron chi connectivity index (χ1n) is 8.46. The van der Waals surface area contributed by atoms with E-state index in [1.807, 2.05) is 0 Å². The topological polar surface area (TPSA) is 12.5 Å². The molecule has 1 aliphatic rings. The van der Waals surface area contributed by atoms with Crippen molar-refractivity contribution in [3.05, 3.63) is 48.0 Å². The molecule has 1 unspecified atom stereocenters. The van der Waals surface area contributed by atoms with Crippen molar-refractivity contribution in [3.8, 4) is 0 Å². The molecule has 0 N–H and O–H groups in total. The van der Waals surface area contributed by atoms with Crippen molar-refractivity contribution < 1.29 is 4.74 Å². The molecule has 2 aromatic carbocycles. The van der Waals surface area contributed by atoms with Crippen molar-refractivity contribution in [1.82, 2.24) is 4.90 Å². The van der Waals surface area contributed by atoms with Gasteiger partial charge in [-0.05, 0) is 42.5 Å². The minimum absolute atomic E-state index is 0.355. The van der Waals surface area contributed by atoms with E-state index in [0.717, 1.165) is 26.1 Å². The number of rotatable bonds is 4. The maximum Gasteiger partial charge on any atom is 0.0678 e. The van der Waals surface area contributed by atoms with Gasteiger partial charge in [-0.15, -0.1) is 0 Å². The highest BCUT2D eigenvalue weighted by atomic mass is 16.5. The number of morpholine rings is 1. The first-order valence-corrected chi connectivity index (χ1v) is 8.46. The lowest BCUT2D eigenvalue weighted by atomic mass is 9.95. The number of hydrogen-bond donors (Lipinski definition) is 0. The first-order chi connectivity index (χ1) is 10.6. The monoisotopic (exact) mass is 297 g/mol. The van der Waals surface area contributed by atoms with E-state index < -0.39 is 0 Å². The molecule has 0 bridgehead atoms. The Morgan fingerprint density at radius 3 is 2.50 bits per heavy atom. The van der Waals surface area contributed by atoms with Crippen LogP contribution in [0.25, 0.3) is 10.8 Å². The van der Waals surface area contributed by atoms with Gasteiger partial charge in [-0.1, -0.05) is 49.4 Å². The Morgan fingerprint density at radius 2 is 1.73 bits per heavy atom. The van der Waals surface area contributed by atoms with Crippen LogP contribution < -0.4 is 0 Å². The Balaban J connectivity index is 1.67. The zero-order valence-electron chi connectivity index (χ0n) is 14.0. The van der Waals surface area contributed by atoms with E-state index in [1.54, 1.807) is 0 Å². The number of benzene rings is 2. The second kappa shape index (κ2) is 6.80. The molecular formula is C20H27NO. The van der Waals surface area contributed by atoms with E-state index in [0.29, 0.717) is 18.1 Å². The fourth-order valence-corrected chi connectivity index (χ4v) is 3.78. The molecule has 1 fully saturated rings. The summed E-state index contributed by atoms with van der Waals surface area (Å²) >= 11 is 0. The largest absolute Gasteiger partial charge is 0.373 e. The molecule has 1 aliphatic heterocycles. The van der Waals surface area contributed by atoms with Gasteiger partial charge in [0.2, 0.25) is 0 Å². The van der Waals surface area contributed by atoms with E-state index in [9.17, 15) is 0 Å². The molecule has 2 nitrogen and oxygen atoms in total. The van der Waals surface area contributed by atoms with Gasteiger partial charge in [-0.3, -0.25) is 4.90 Å². The van der Waals surface area contributed by atoms with Gasteiger partial charge in [-0.25, -0.2) is 0 Å². The zero-order chi connectivity index (χ0) is 15.5. The lowest BCUT2D eigenvalue weighted by molar-refractivity contribution is -0.0708. The van der Waals surface area contributed by atoms with Crippen LogP contribution in [0.15, 0.2) is 42.5 Å². The van der Waals surface area contributed by atoms with Crippen molar-refractivity contribution in [2.24, 2.45) is 5.92 Å². The van der Waals surface area contributed by atoms with E-state index in [1.165, 1.54) is 16.3 Å². The molecule has 0 radical (unpaired) electrons. The summed E-state index contributed by atoms with van der Waals surface area (Å²) < 4.78 is 5.83. The van der Waals surface area contributed by atoms with Crippen LogP contribution in [0.4, 0.5) is 0 Å². The van der Waals surface area contributed by atoms with Gasteiger partial charge >= 0.3 is 0 Å². The average Bonchev–Trinajstić information content (AvgIpc) is 2.46. The van der Waals surface area contributed by atoms with Gasteiger partial charge < -0.3 is 4.74 Å². The molecule has 1 heterocycles. The van der Waals surface area contributed by atoms with Crippen LogP contribution >= 0.6 is 0 Å². The maximum absolute atomic E-state index is 5.83. The Bertz CT molecular complexity index is 609. The molecule has 0 aliphatic carbocycles. The highest BCUT2D eigenvalue weighted by Gasteiger charge is 2.23. The summed E-state index contributed by atoms with van der Waals surface area (Å²) in [7, 11) is 0. The fraction of sp³-hybridized carbons (Fsp3) is 0.500. The maximum atomic E-state index is 5.83. The third-order valence-electron chi connectivity index (χ3n) is 4.51. The minimum atomic E-state index is 0.355. The summed E-state index contributed by atoms with van der Waals surface area (Å²) in [5.74, 6) is 0.656. The summed E-state index contributed by atoms with van der Waals surface area (Å²) in [6.07, 6.45) is 1.85. The Morgan fingerprint density at radius 1 is 1.05 bits per heavy atom. The molecule has 1 saturated heterocycles. The van der Waals surface area contributed by atoms with Crippen molar-refractivity contribution in [1.29, 1.82) is 0 Å². The summed E-state index contributed by atoms with van der Waals surface area (Å²) in [4.78, 5) is 2.56. The number of hydrogen-bond acceptors (Lipinski definition) is 2. The summed E-state index contributed by atoms with van der Waals surface area (Å²) in [5.41, 5.74) is 1.47. The van der Waals surface area contributed by atoms with Gasteiger partial charge in [0.25, 0.3) is 0 Å². The van der Waals surface area contributed by atoms with Gasteiger partial charge in [0, 0.05) is 19.6 Å².